The minimum Gasteiger partial charge on any atom is -0.606 e. The highest BCUT2D eigenvalue weighted by atomic mass is 32.2. The quantitative estimate of drug-likeness (QED) is 0.609. The second kappa shape index (κ2) is 5.51. The van der Waals surface area contributed by atoms with E-state index in [1.807, 2.05) is 41.3 Å². The molecule has 2 aromatic carbocycles. The standard InChI is InChI=1S/C19H14N2O2S2/c1-2-12-8-9-14-13(11-12)21-18-15(24(14)22)5-3-6-16(18)25(23)17-7-4-10-20-19(17)21/h3-11H,2H2,1H3. The van der Waals surface area contributed by atoms with Crippen LogP contribution in [0.25, 0.3) is 0 Å². The molecule has 124 valence electrons. The van der Waals surface area contributed by atoms with Crippen molar-refractivity contribution >= 4 is 39.5 Å². The number of pyridine rings is 1. The van der Waals surface area contributed by atoms with Gasteiger partial charge in [0.05, 0.1) is 0 Å². The van der Waals surface area contributed by atoms with Gasteiger partial charge < -0.3 is 9.11 Å². The molecule has 25 heavy (non-hydrogen) atoms. The predicted octanol–water partition coefficient (Wildman–Crippen LogP) is 4.07. The van der Waals surface area contributed by atoms with Crippen LogP contribution in [0.4, 0.5) is 17.2 Å². The number of anilines is 3. The molecule has 0 fully saturated rings. The van der Waals surface area contributed by atoms with Gasteiger partial charge in [-0.1, -0.05) is 19.1 Å². The van der Waals surface area contributed by atoms with Gasteiger partial charge in [-0.25, -0.2) is 4.98 Å². The van der Waals surface area contributed by atoms with E-state index in [1.54, 1.807) is 12.3 Å². The van der Waals surface area contributed by atoms with Gasteiger partial charge in [0.15, 0.2) is 26.2 Å². The Balaban J connectivity index is 1.88. The molecule has 2 unspecified atom stereocenters. The number of hydrogen-bond donors (Lipinski definition) is 0. The van der Waals surface area contributed by atoms with Gasteiger partial charge in [0.2, 0.25) is 4.90 Å². The van der Waals surface area contributed by atoms with Crippen molar-refractivity contribution in [3.63, 3.8) is 0 Å². The van der Waals surface area contributed by atoms with Crippen LogP contribution in [-0.4, -0.2) is 14.1 Å². The predicted molar refractivity (Wildman–Crippen MR) is 97.6 cm³/mol. The van der Waals surface area contributed by atoms with Gasteiger partial charge in [-0.3, -0.25) is 4.90 Å². The van der Waals surface area contributed by atoms with Crippen molar-refractivity contribution in [1.29, 1.82) is 0 Å². The van der Waals surface area contributed by atoms with Gasteiger partial charge in [-0.15, -0.1) is 0 Å². The summed E-state index contributed by atoms with van der Waals surface area (Å²) in [4.78, 5) is 9.38. The number of para-hydroxylation sites is 1. The van der Waals surface area contributed by atoms with E-state index in [0.717, 1.165) is 22.7 Å². The molecule has 2 aliphatic rings. The summed E-state index contributed by atoms with van der Waals surface area (Å²) >= 11 is -2.62. The van der Waals surface area contributed by atoms with E-state index >= 15 is 0 Å². The Bertz CT molecular complexity index is 994. The maximum absolute atomic E-state index is 13.1. The molecule has 0 amide bonds. The lowest BCUT2D eigenvalue weighted by Crippen LogP contribution is -2.29. The topological polar surface area (TPSA) is 62.2 Å². The molecule has 1 aromatic heterocycles. The van der Waals surface area contributed by atoms with Crippen molar-refractivity contribution in [2.45, 2.75) is 32.9 Å². The third-order valence-corrected chi connectivity index (χ3v) is 7.54. The minimum atomic E-state index is -1.33. The van der Waals surface area contributed by atoms with E-state index in [0.29, 0.717) is 20.5 Å². The Labute approximate surface area is 151 Å². The summed E-state index contributed by atoms with van der Waals surface area (Å²) in [7, 11) is 0. The third kappa shape index (κ3) is 2.02. The van der Waals surface area contributed by atoms with Gasteiger partial charge in [0, 0.05) is 28.5 Å². The highest BCUT2D eigenvalue weighted by molar-refractivity contribution is 7.93. The summed E-state index contributed by atoms with van der Waals surface area (Å²) in [5.41, 5.74) is 2.79. The van der Waals surface area contributed by atoms with E-state index in [4.69, 9.17) is 0 Å². The second-order valence-corrected chi connectivity index (χ2v) is 8.79. The van der Waals surface area contributed by atoms with Crippen LogP contribution in [0.5, 0.6) is 0 Å². The van der Waals surface area contributed by atoms with Gasteiger partial charge in [-0.05, 0) is 48.4 Å². The number of aryl methyl sites for hydroxylation is 1. The lowest BCUT2D eigenvalue weighted by molar-refractivity contribution is 0.588. The second-order valence-electron chi connectivity index (χ2n) is 5.96. The maximum Gasteiger partial charge on any atom is 0.201 e. The fourth-order valence-electron chi connectivity index (χ4n) is 3.41. The highest BCUT2D eigenvalue weighted by Crippen LogP contribution is 2.55. The van der Waals surface area contributed by atoms with E-state index in [2.05, 4.69) is 18.0 Å². The Hall–Kier alpha value is -1.99. The number of aromatic nitrogens is 1. The smallest absolute Gasteiger partial charge is 0.201 e. The molecule has 0 aliphatic carbocycles. The van der Waals surface area contributed by atoms with E-state index in [-0.39, 0.29) is 0 Å². The average molecular weight is 366 g/mol. The first-order chi connectivity index (χ1) is 12.2. The summed E-state index contributed by atoms with van der Waals surface area (Å²) in [5.74, 6) is 0.659. The van der Waals surface area contributed by atoms with Crippen LogP contribution in [0.3, 0.4) is 0 Å². The van der Waals surface area contributed by atoms with Crippen molar-refractivity contribution in [3.8, 4) is 0 Å². The molecule has 4 nitrogen and oxygen atoms in total. The largest absolute Gasteiger partial charge is 0.606 e. The SMILES string of the molecule is CCc1ccc2c(c1)N1c3ncccc3[S+]([O-])c3cccc(c31)[S+]2[O-]. The Morgan fingerprint density at radius 3 is 2.40 bits per heavy atom. The summed E-state index contributed by atoms with van der Waals surface area (Å²) in [6, 6.07) is 15.2. The van der Waals surface area contributed by atoms with Crippen LogP contribution >= 0.6 is 0 Å². The van der Waals surface area contributed by atoms with E-state index in [1.165, 1.54) is 5.56 Å². The zero-order valence-electron chi connectivity index (χ0n) is 13.4. The van der Waals surface area contributed by atoms with Crippen LogP contribution in [0.2, 0.25) is 0 Å². The van der Waals surface area contributed by atoms with Crippen LogP contribution in [0, 0.1) is 0 Å². The van der Waals surface area contributed by atoms with Crippen LogP contribution < -0.4 is 4.90 Å². The molecular formula is C19H14N2O2S2. The van der Waals surface area contributed by atoms with Crippen LogP contribution in [0.1, 0.15) is 12.5 Å². The fraction of sp³-hybridized carbons (Fsp3) is 0.105. The zero-order valence-corrected chi connectivity index (χ0v) is 15.1. The van der Waals surface area contributed by atoms with Crippen LogP contribution in [-0.2, 0) is 28.8 Å². The molecule has 2 aliphatic heterocycles. The molecule has 0 saturated heterocycles. The van der Waals surface area contributed by atoms with Gasteiger partial charge >= 0.3 is 0 Å². The third-order valence-electron chi connectivity index (χ3n) is 4.62. The first-order valence-corrected chi connectivity index (χ1v) is 10.4. The lowest BCUT2D eigenvalue weighted by atomic mass is 10.1. The summed E-state index contributed by atoms with van der Waals surface area (Å²) in [6.07, 6.45) is 2.60. The summed E-state index contributed by atoms with van der Waals surface area (Å²) < 4.78 is 26.2. The number of benzene rings is 2. The molecule has 5 rings (SSSR count). The van der Waals surface area contributed by atoms with E-state index < -0.39 is 22.4 Å². The maximum atomic E-state index is 13.1. The molecule has 6 heteroatoms. The average Bonchev–Trinajstić information content (AvgIpc) is 2.67. The lowest BCUT2D eigenvalue weighted by Gasteiger charge is -2.36. The van der Waals surface area contributed by atoms with Gasteiger partial charge in [-0.2, -0.15) is 0 Å². The number of hydrogen-bond acceptors (Lipinski definition) is 4. The minimum absolute atomic E-state index is 0.659. The van der Waals surface area contributed by atoms with Crippen molar-refractivity contribution in [2.24, 2.45) is 0 Å². The number of fused-ring (bicyclic) bond motifs is 4. The molecule has 3 aromatic rings. The van der Waals surface area contributed by atoms with Crippen molar-refractivity contribution < 1.29 is 9.11 Å². The van der Waals surface area contributed by atoms with Crippen molar-refractivity contribution in [2.75, 3.05) is 4.90 Å². The molecule has 0 N–H and O–H groups in total. The molecule has 0 saturated carbocycles. The molecule has 2 atom stereocenters. The van der Waals surface area contributed by atoms with Gasteiger partial charge in [0.25, 0.3) is 0 Å². The van der Waals surface area contributed by atoms with Crippen molar-refractivity contribution in [3.05, 3.63) is 60.3 Å². The summed E-state index contributed by atoms with van der Waals surface area (Å²) in [6.45, 7) is 2.10. The Morgan fingerprint density at radius 2 is 1.64 bits per heavy atom. The molecule has 3 heterocycles. The molecule has 0 radical (unpaired) electrons. The number of rotatable bonds is 1. The normalized spacial score (nSPS) is 19.9. The van der Waals surface area contributed by atoms with Crippen molar-refractivity contribution in [1.82, 2.24) is 4.98 Å². The van der Waals surface area contributed by atoms with E-state index in [9.17, 15) is 9.11 Å². The highest BCUT2D eigenvalue weighted by Gasteiger charge is 2.45. The fourth-order valence-corrected chi connectivity index (χ4v) is 6.15. The zero-order chi connectivity index (χ0) is 17.1. The summed E-state index contributed by atoms with van der Waals surface area (Å²) in [5, 5.41) is 0. The first kappa shape index (κ1) is 15.3. The first-order valence-electron chi connectivity index (χ1n) is 8.05. The Kier molecular flexibility index (Phi) is 3.36. The number of nitrogens with zero attached hydrogens (tertiary/aromatic N) is 2. The van der Waals surface area contributed by atoms with Crippen LogP contribution in [0.15, 0.2) is 74.3 Å². The van der Waals surface area contributed by atoms with Gasteiger partial charge in [0.1, 0.15) is 5.69 Å². The molecule has 0 spiro atoms. The Morgan fingerprint density at radius 1 is 0.920 bits per heavy atom. The molecule has 0 bridgehead atoms. The molecular weight excluding hydrogens is 352 g/mol. The monoisotopic (exact) mass is 366 g/mol.